The zero-order valence-electron chi connectivity index (χ0n) is 8.75. The standard InChI is InChI=1S/C12H11NO2S/c1-15-10-6-4-8-13-12(10)16-11-7-3-2-5-9(11)14/h2-8,14H,1H3. The molecule has 1 aromatic carbocycles. The number of ether oxygens (including phenoxy) is 1. The minimum Gasteiger partial charge on any atom is -0.507 e. The highest BCUT2D eigenvalue weighted by molar-refractivity contribution is 7.99. The third kappa shape index (κ3) is 2.28. The van der Waals surface area contributed by atoms with Gasteiger partial charge in [0.1, 0.15) is 10.8 Å². The van der Waals surface area contributed by atoms with Gasteiger partial charge in [-0.05, 0) is 24.3 Å². The molecule has 1 N–H and O–H groups in total. The molecular weight excluding hydrogens is 222 g/mol. The lowest BCUT2D eigenvalue weighted by Gasteiger charge is -2.07. The Balaban J connectivity index is 2.30. The molecule has 0 aliphatic rings. The number of nitrogens with zero attached hydrogens (tertiary/aromatic N) is 1. The number of aromatic nitrogens is 1. The molecule has 1 aromatic heterocycles. The van der Waals surface area contributed by atoms with Crippen LogP contribution in [0, 0.1) is 0 Å². The number of benzene rings is 1. The van der Waals surface area contributed by atoms with Gasteiger partial charge in [0.15, 0.2) is 5.75 Å². The van der Waals surface area contributed by atoms with E-state index >= 15 is 0 Å². The number of hydrogen-bond donors (Lipinski definition) is 1. The molecule has 16 heavy (non-hydrogen) atoms. The van der Waals surface area contributed by atoms with Crippen LogP contribution in [0.15, 0.2) is 52.5 Å². The normalized spacial score (nSPS) is 10.1. The lowest BCUT2D eigenvalue weighted by molar-refractivity contribution is 0.400. The summed E-state index contributed by atoms with van der Waals surface area (Å²) in [4.78, 5) is 4.98. The number of phenols is 1. The lowest BCUT2D eigenvalue weighted by Crippen LogP contribution is -1.88. The van der Waals surface area contributed by atoms with Gasteiger partial charge in [-0.2, -0.15) is 0 Å². The van der Waals surface area contributed by atoms with Crippen molar-refractivity contribution in [2.75, 3.05) is 7.11 Å². The molecule has 0 saturated heterocycles. The molecule has 3 nitrogen and oxygen atoms in total. The molecule has 1 heterocycles. The largest absolute Gasteiger partial charge is 0.507 e. The van der Waals surface area contributed by atoms with Gasteiger partial charge in [0.05, 0.1) is 12.0 Å². The van der Waals surface area contributed by atoms with E-state index < -0.39 is 0 Å². The molecule has 82 valence electrons. The summed E-state index contributed by atoms with van der Waals surface area (Å²) < 4.78 is 5.19. The van der Waals surface area contributed by atoms with E-state index in [9.17, 15) is 5.11 Å². The molecule has 0 bridgehead atoms. The van der Waals surface area contributed by atoms with Gasteiger partial charge in [-0.25, -0.2) is 4.98 Å². The first-order valence-corrected chi connectivity index (χ1v) is 5.58. The van der Waals surface area contributed by atoms with Crippen LogP contribution in [0.25, 0.3) is 0 Å². The van der Waals surface area contributed by atoms with E-state index in [0.29, 0.717) is 5.75 Å². The second-order valence-corrected chi connectivity index (χ2v) is 4.11. The average molecular weight is 233 g/mol. The highest BCUT2D eigenvalue weighted by atomic mass is 32.2. The van der Waals surface area contributed by atoms with E-state index in [1.807, 2.05) is 24.3 Å². The van der Waals surface area contributed by atoms with Gasteiger partial charge in [0.25, 0.3) is 0 Å². The Hall–Kier alpha value is -1.68. The lowest BCUT2D eigenvalue weighted by atomic mass is 10.3. The summed E-state index contributed by atoms with van der Waals surface area (Å²) in [5.41, 5.74) is 0. The molecule has 0 aliphatic heterocycles. The van der Waals surface area contributed by atoms with E-state index in [4.69, 9.17) is 4.74 Å². The van der Waals surface area contributed by atoms with Gasteiger partial charge in [0.2, 0.25) is 0 Å². The molecule has 4 heteroatoms. The van der Waals surface area contributed by atoms with Crippen molar-refractivity contribution in [2.24, 2.45) is 0 Å². The van der Waals surface area contributed by atoms with E-state index in [1.165, 1.54) is 11.8 Å². The maximum Gasteiger partial charge on any atom is 0.151 e. The van der Waals surface area contributed by atoms with Crippen LogP contribution in [-0.4, -0.2) is 17.2 Å². The van der Waals surface area contributed by atoms with Gasteiger partial charge in [-0.15, -0.1) is 0 Å². The van der Waals surface area contributed by atoms with Crippen molar-refractivity contribution in [2.45, 2.75) is 9.92 Å². The summed E-state index contributed by atoms with van der Waals surface area (Å²) >= 11 is 1.38. The molecule has 0 amide bonds. The fraction of sp³-hybridized carbons (Fsp3) is 0.0833. The molecule has 0 atom stereocenters. The smallest absolute Gasteiger partial charge is 0.151 e. The summed E-state index contributed by atoms with van der Waals surface area (Å²) in [5, 5.41) is 10.4. The highest BCUT2D eigenvalue weighted by Gasteiger charge is 2.08. The van der Waals surface area contributed by atoms with Crippen molar-refractivity contribution in [1.29, 1.82) is 0 Å². The topological polar surface area (TPSA) is 42.4 Å². The predicted octanol–water partition coefficient (Wildman–Crippen LogP) is 2.95. The van der Waals surface area contributed by atoms with Crippen LogP contribution in [0.2, 0.25) is 0 Å². The van der Waals surface area contributed by atoms with Crippen LogP contribution < -0.4 is 4.74 Å². The van der Waals surface area contributed by atoms with E-state index in [2.05, 4.69) is 4.98 Å². The fourth-order valence-electron chi connectivity index (χ4n) is 1.26. The Labute approximate surface area is 98.1 Å². The van der Waals surface area contributed by atoms with Gasteiger partial charge in [-0.1, -0.05) is 23.9 Å². The van der Waals surface area contributed by atoms with Crippen LogP contribution in [0.4, 0.5) is 0 Å². The first-order chi connectivity index (χ1) is 7.81. The van der Waals surface area contributed by atoms with Crippen molar-refractivity contribution in [3.63, 3.8) is 0 Å². The predicted molar refractivity (Wildman–Crippen MR) is 63.0 cm³/mol. The summed E-state index contributed by atoms with van der Waals surface area (Å²) in [7, 11) is 1.60. The van der Waals surface area contributed by atoms with Gasteiger partial charge in [-0.3, -0.25) is 0 Å². The van der Waals surface area contributed by atoms with Gasteiger partial charge >= 0.3 is 0 Å². The molecule has 2 aromatic rings. The van der Waals surface area contributed by atoms with Crippen LogP contribution >= 0.6 is 11.8 Å². The Bertz CT molecular complexity index is 488. The molecule has 0 radical (unpaired) electrons. The summed E-state index contributed by atoms with van der Waals surface area (Å²) in [5.74, 6) is 0.955. The van der Waals surface area contributed by atoms with Crippen LogP contribution in [0.5, 0.6) is 11.5 Å². The van der Waals surface area contributed by atoms with Crippen LogP contribution in [0.1, 0.15) is 0 Å². The highest BCUT2D eigenvalue weighted by Crippen LogP contribution is 2.36. The Morgan fingerprint density at radius 2 is 2.00 bits per heavy atom. The summed E-state index contributed by atoms with van der Waals surface area (Å²) in [6, 6.07) is 10.8. The molecular formula is C12H11NO2S. The average Bonchev–Trinajstić information content (AvgIpc) is 2.33. The van der Waals surface area contributed by atoms with Crippen LogP contribution in [0.3, 0.4) is 0 Å². The molecule has 0 fully saturated rings. The number of pyridine rings is 1. The maximum atomic E-state index is 9.65. The summed E-state index contributed by atoms with van der Waals surface area (Å²) in [6.07, 6.45) is 1.70. The number of methoxy groups -OCH3 is 1. The zero-order valence-corrected chi connectivity index (χ0v) is 9.57. The van der Waals surface area contributed by atoms with Crippen molar-refractivity contribution in [1.82, 2.24) is 4.98 Å². The van der Waals surface area contributed by atoms with Crippen LogP contribution in [-0.2, 0) is 0 Å². The number of phenolic OH excluding ortho intramolecular Hbond substituents is 1. The van der Waals surface area contributed by atoms with E-state index in [0.717, 1.165) is 9.92 Å². The Kier molecular flexibility index (Phi) is 3.31. The third-order valence-corrected chi connectivity index (χ3v) is 3.09. The van der Waals surface area contributed by atoms with Crippen molar-refractivity contribution < 1.29 is 9.84 Å². The number of rotatable bonds is 3. The SMILES string of the molecule is COc1cccnc1Sc1ccccc1O. The van der Waals surface area contributed by atoms with Gasteiger partial charge < -0.3 is 9.84 Å². The molecule has 0 unspecified atom stereocenters. The zero-order chi connectivity index (χ0) is 11.4. The second-order valence-electron chi connectivity index (χ2n) is 3.08. The number of aromatic hydroxyl groups is 1. The monoisotopic (exact) mass is 233 g/mol. The Morgan fingerprint density at radius 1 is 1.19 bits per heavy atom. The Morgan fingerprint density at radius 3 is 2.75 bits per heavy atom. The van der Waals surface area contributed by atoms with Crippen molar-refractivity contribution in [3.05, 3.63) is 42.6 Å². The first-order valence-electron chi connectivity index (χ1n) is 4.76. The second kappa shape index (κ2) is 4.90. The minimum atomic E-state index is 0.250. The molecule has 2 rings (SSSR count). The van der Waals surface area contributed by atoms with Crippen molar-refractivity contribution >= 4 is 11.8 Å². The third-order valence-electron chi connectivity index (χ3n) is 2.03. The summed E-state index contributed by atoms with van der Waals surface area (Å²) in [6.45, 7) is 0. The molecule has 0 spiro atoms. The van der Waals surface area contributed by atoms with E-state index in [1.54, 1.807) is 25.4 Å². The van der Waals surface area contributed by atoms with Crippen molar-refractivity contribution in [3.8, 4) is 11.5 Å². The maximum absolute atomic E-state index is 9.65. The van der Waals surface area contributed by atoms with Gasteiger partial charge in [0, 0.05) is 6.20 Å². The number of para-hydroxylation sites is 1. The molecule has 0 aliphatic carbocycles. The van der Waals surface area contributed by atoms with E-state index in [-0.39, 0.29) is 5.75 Å². The quantitative estimate of drug-likeness (QED) is 0.885. The first kappa shape index (κ1) is 10.8. The number of hydrogen-bond acceptors (Lipinski definition) is 4. The molecule has 0 saturated carbocycles. The minimum absolute atomic E-state index is 0.250. The fourth-order valence-corrected chi connectivity index (χ4v) is 2.15.